The third-order valence-electron chi connectivity index (χ3n) is 4.40. The van der Waals surface area contributed by atoms with Crippen molar-refractivity contribution in [2.24, 2.45) is 17.0 Å². The van der Waals surface area contributed by atoms with E-state index in [0.29, 0.717) is 12.2 Å². The lowest BCUT2D eigenvalue weighted by atomic mass is 9.97. The Balaban J connectivity index is 1.59. The number of nitrogens with zero attached hydrogens (tertiary/aromatic N) is 3. The van der Waals surface area contributed by atoms with Crippen molar-refractivity contribution >= 4 is 0 Å². The van der Waals surface area contributed by atoms with E-state index in [1.807, 2.05) is 0 Å². The lowest BCUT2D eigenvalue weighted by Crippen LogP contribution is -2.19. The number of fused-ring (bicyclic) bond motifs is 1. The van der Waals surface area contributed by atoms with E-state index in [-0.39, 0.29) is 5.54 Å². The summed E-state index contributed by atoms with van der Waals surface area (Å²) in [5, 5.41) is 3.98. The average Bonchev–Trinajstić information content (AvgIpc) is 2.84. The standard InChI is InChI=1S/C12H19N3O/c1-12(14-15-13)6-8-4-11(5-9(8)7-12)16-10-2-3-10/h8-11H,2-7H2,1H3/t8-,9+,11-,12?. The van der Waals surface area contributed by atoms with Gasteiger partial charge in [-0.25, -0.2) is 0 Å². The number of ether oxygens (including phenoxy) is 1. The van der Waals surface area contributed by atoms with Gasteiger partial charge < -0.3 is 4.74 Å². The first-order valence-corrected chi connectivity index (χ1v) is 6.40. The van der Waals surface area contributed by atoms with E-state index in [1.165, 1.54) is 25.7 Å². The van der Waals surface area contributed by atoms with E-state index in [1.54, 1.807) is 0 Å². The van der Waals surface area contributed by atoms with Gasteiger partial charge in [-0.2, -0.15) is 0 Å². The fourth-order valence-electron chi connectivity index (χ4n) is 3.65. The Labute approximate surface area is 96.0 Å². The monoisotopic (exact) mass is 221 g/mol. The van der Waals surface area contributed by atoms with Crippen LogP contribution in [-0.2, 0) is 4.74 Å². The Morgan fingerprint density at radius 1 is 1.19 bits per heavy atom. The van der Waals surface area contributed by atoms with Crippen LogP contribution < -0.4 is 0 Å². The minimum Gasteiger partial charge on any atom is -0.375 e. The second-order valence-corrected chi connectivity index (χ2v) is 6.04. The number of hydrogen-bond acceptors (Lipinski definition) is 2. The molecule has 0 radical (unpaired) electrons. The third kappa shape index (κ3) is 1.92. The quantitative estimate of drug-likeness (QED) is 0.409. The molecule has 0 aromatic rings. The van der Waals surface area contributed by atoms with Crippen LogP contribution in [0.4, 0.5) is 0 Å². The van der Waals surface area contributed by atoms with Crippen LogP contribution >= 0.6 is 0 Å². The first-order valence-electron chi connectivity index (χ1n) is 6.40. The third-order valence-corrected chi connectivity index (χ3v) is 4.40. The van der Waals surface area contributed by atoms with Crippen LogP contribution in [0.15, 0.2) is 5.11 Å². The Hall–Kier alpha value is -0.730. The SMILES string of the molecule is CC1(N=[N+]=[N-])C[C@H]2C[C@@H](OC3CC3)C[C@H]2C1. The second-order valence-electron chi connectivity index (χ2n) is 6.04. The summed E-state index contributed by atoms with van der Waals surface area (Å²) in [6, 6.07) is 0. The van der Waals surface area contributed by atoms with Crippen molar-refractivity contribution in [3.8, 4) is 0 Å². The van der Waals surface area contributed by atoms with E-state index in [9.17, 15) is 0 Å². The van der Waals surface area contributed by atoms with E-state index >= 15 is 0 Å². The van der Waals surface area contributed by atoms with Gasteiger partial charge in [0.2, 0.25) is 0 Å². The molecule has 4 atom stereocenters. The molecule has 0 N–H and O–H groups in total. The van der Waals surface area contributed by atoms with E-state index < -0.39 is 0 Å². The van der Waals surface area contributed by atoms with Crippen molar-refractivity contribution in [3.05, 3.63) is 10.4 Å². The van der Waals surface area contributed by atoms with E-state index in [0.717, 1.165) is 24.7 Å². The normalized spacial score (nSPS) is 46.4. The molecule has 0 spiro atoms. The summed E-state index contributed by atoms with van der Waals surface area (Å²) in [6.45, 7) is 2.10. The molecule has 3 aliphatic rings. The molecule has 4 nitrogen and oxygen atoms in total. The number of rotatable bonds is 3. The van der Waals surface area contributed by atoms with Crippen molar-refractivity contribution < 1.29 is 4.74 Å². The molecule has 0 aliphatic heterocycles. The van der Waals surface area contributed by atoms with Gasteiger partial charge in [-0.3, -0.25) is 0 Å². The van der Waals surface area contributed by atoms with Crippen LogP contribution in [0, 0.1) is 11.8 Å². The molecule has 0 saturated heterocycles. The van der Waals surface area contributed by atoms with Crippen molar-refractivity contribution in [3.63, 3.8) is 0 Å². The smallest absolute Gasteiger partial charge is 0.0584 e. The molecule has 0 aromatic carbocycles. The molecule has 3 rings (SSSR count). The minimum atomic E-state index is -0.116. The van der Waals surface area contributed by atoms with Gasteiger partial charge in [-0.15, -0.1) is 0 Å². The van der Waals surface area contributed by atoms with Gasteiger partial charge in [0.1, 0.15) is 0 Å². The van der Waals surface area contributed by atoms with Gasteiger partial charge in [0.15, 0.2) is 0 Å². The molecular weight excluding hydrogens is 202 g/mol. The highest BCUT2D eigenvalue weighted by atomic mass is 16.5. The Bertz CT molecular complexity index is 319. The van der Waals surface area contributed by atoms with Gasteiger partial charge in [0.25, 0.3) is 0 Å². The minimum absolute atomic E-state index is 0.116. The zero-order chi connectivity index (χ0) is 11.2. The molecule has 3 aliphatic carbocycles. The van der Waals surface area contributed by atoms with Gasteiger partial charge in [0.05, 0.1) is 12.2 Å². The van der Waals surface area contributed by atoms with Gasteiger partial charge in [-0.1, -0.05) is 12.0 Å². The van der Waals surface area contributed by atoms with Gasteiger partial charge in [-0.05, 0) is 55.9 Å². The van der Waals surface area contributed by atoms with Gasteiger partial charge >= 0.3 is 0 Å². The lowest BCUT2D eigenvalue weighted by molar-refractivity contribution is 0.0381. The van der Waals surface area contributed by atoms with Crippen LogP contribution in [0.1, 0.15) is 45.4 Å². The van der Waals surface area contributed by atoms with Crippen molar-refractivity contribution in [2.45, 2.75) is 63.2 Å². The van der Waals surface area contributed by atoms with Crippen molar-refractivity contribution in [1.29, 1.82) is 0 Å². The summed E-state index contributed by atoms with van der Waals surface area (Å²) in [5.41, 5.74) is 8.45. The van der Waals surface area contributed by atoms with E-state index in [2.05, 4.69) is 16.9 Å². The molecule has 3 saturated carbocycles. The van der Waals surface area contributed by atoms with Gasteiger partial charge in [0, 0.05) is 10.5 Å². The second kappa shape index (κ2) is 3.64. The maximum absolute atomic E-state index is 8.57. The van der Waals surface area contributed by atoms with Crippen molar-refractivity contribution in [1.82, 2.24) is 0 Å². The Morgan fingerprint density at radius 2 is 1.81 bits per heavy atom. The summed E-state index contributed by atoms with van der Waals surface area (Å²) in [7, 11) is 0. The fourth-order valence-corrected chi connectivity index (χ4v) is 3.65. The Morgan fingerprint density at radius 3 is 2.31 bits per heavy atom. The number of azide groups is 1. The molecule has 4 heteroatoms. The highest BCUT2D eigenvalue weighted by Gasteiger charge is 2.47. The zero-order valence-electron chi connectivity index (χ0n) is 9.80. The summed E-state index contributed by atoms with van der Waals surface area (Å²) in [5.74, 6) is 1.47. The molecule has 88 valence electrons. The van der Waals surface area contributed by atoms with Crippen LogP contribution in [0.2, 0.25) is 0 Å². The van der Waals surface area contributed by atoms with Crippen LogP contribution in [0.25, 0.3) is 10.4 Å². The first kappa shape index (κ1) is 10.4. The molecule has 16 heavy (non-hydrogen) atoms. The molecule has 0 heterocycles. The molecule has 1 unspecified atom stereocenters. The summed E-state index contributed by atoms with van der Waals surface area (Å²) in [4.78, 5) is 2.99. The summed E-state index contributed by atoms with van der Waals surface area (Å²) in [6.07, 6.45) is 8.11. The zero-order valence-corrected chi connectivity index (χ0v) is 9.80. The fraction of sp³-hybridized carbons (Fsp3) is 1.00. The van der Waals surface area contributed by atoms with Crippen LogP contribution in [-0.4, -0.2) is 17.7 Å². The maximum Gasteiger partial charge on any atom is 0.0584 e. The summed E-state index contributed by atoms with van der Waals surface area (Å²) < 4.78 is 5.98. The van der Waals surface area contributed by atoms with Crippen molar-refractivity contribution in [2.75, 3.05) is 0 Å². The largest absolute Gasteiger partial charge is 0.375 e. The highest BCUT2D eigenvalue weighted by molar-refractivity contribution is 5.02. The summed E-state index contributed by atoms with van der Waals surface area (Å²) >= 11 is 0. The topological polar surface area (TPSA) is 58.0 Å². The molecule has 3 fully saturated rings. The maximum atomic E-state index is 8.57. The van der Waals surface area contributed by atoms with Crippen LogP contribution in [0.5, 0.6) is 0 Å². The molecule has 0 amide bonds. The average molecular weight is 221 g/mol. The molecule has 0 bridgehead atoms. The van der Waals surface area contributed by atoms with E-state index in [4.69, 9.17) is 10.3 Å². The molecular formula is C12H19N3O. The lowest BCUT2D eigenvalue weighted by Gasteiger charge is -2.19. The predicted molar refractivity (Wildman–Crippen MR) is 60.9 cm³/mol. The van der Waals surface area contributed by atoms with Crippen LogP contribution in [0.3, 0.4) is 0 Å². The highest BCUT2D eigenvalue weighted by Crippen LogP contribution is 2.51. The predicted octanol–water partition coefficient (Wildman–Crippen LogP) is 3.42. The number of hydrogen-bond donors (Lipinski definition) is 0. The first-order chi connectivity index (χ1) is 7.68. The Kier molecular flexibility index (Phi) is 2.37. The molecule has 0 aromatic heterocycles.